The number of H-pyrrole nitrogens is 1. The van der Waals surface area contributed by atoms with E-state index in [0.29, 0.717) is 23.2 Å². The Morgan fingerprint density at radius 1 is 1.30 bits per heavy atom. The van der Waals surface area contributed by atoms with Gasteiger partial charge in [0.25, 0.3) is 5.91 Å². The Bertz CT molecular complexity index is 646. The summed E-state index contributed by atoms with van der Waals surface area (Å²) in [5, 5.41) is 2.76. The lowest BCUT2D eigenvalue weighted by atomic mass is 10.0. The highest BCUT2D eigenvalue weighted by molar-refractivity contribution is 6.13. The van der Waals surface area contributed by atoms with Crippen LogP contribution in [0, 0.1) is 0 Å². The fraction of sp³-hybridized carbons (Fsp3) is 0.267. The highest BCUT2D eigenvalue weighted by Crippen LogP contribution is 2.24. The van der Waals surface area contributed by atoms with Gasteiger partial charge in [0.1, 0.15) is 0 Å². The first-order valence-corrected chi connectivity index (χ1v) is 6.70. The molecule has 0 aromatic carbocycles. The van der Waals surface area contributed by atoms with Gasteiger partial charge < -0.3 is 10.3 Å². The van der Waals surface area contributed by atoms with Crippen molar-refractivity contribution in [2.45, 2.75) is 25.7 Å². The molecular weight excluding hydrogens is 254 g/mol. The molecule has 0 atom stereocenters. The number of aromatic amines is 1. The average molecular weight is 269 g/mol. The van der Waals surface area contributed by atoms with Crippen LogP contribution >= 0.6 is 0 Å². The molecule has 0 fully saturated rings. The van der Waals surface area contributed by atoms with Gasteiger partial charge in [0.2, 0.25) is 0 Å². The summed E-state index contributed by atoms with van der Waals surface area (Å²) >= 11 is 0. The van der Waals surface area contributed by atoms with E-state index < -0.39 is 0 Å². The Kier molecular flexibility index (Phi) is 3.33. The number of carbonyl (C=O) groups excluding carboxylic acids is 2. The number of anilines is 1. The van der Waals surface area contributed by atoms with E-state index in [0.717, 1.165) is 25.0 Å². The highest BCUT2D eigenvalue weighted by atomic mass is 16.2. The molecule has 3 rings (SSSR count). The number of Topliss-reactive ketones (excluding diaryl/α,β-unsaturated/α-hetero) is 1. The van der Waals surface area contributed by atoms with Crippen LogP contribution in [0.4, 0.5) is 5.69 Å². The minimum absolute atomic E-state index is 0.0510. The Hall–Kier alpha value is -2.43. The van der Waals surface area contributed by atoms with Gasteiger partial charge in [0.05, 0.1) is 23.0 Å². The topological polar surface area (TPSA) is 74.8 Å². The normalized spacial score (nSPS) is 14.5. The zero-order valence-corrected chi connectivity index (χ0v) is 11.0. The van der Waals surface area contributed by atoms with E-state index in [1.807, 2.05) is 0 Å². The minimum atomic E-state index is -0.272. The molecule has 1 aliphatic carbocycles. The van der Waals surface area contributed by atoms with Gasteiger partial charge in [0, 0.05) is 24.5 Å². The van der Waals surface area contributed by atoms with E-state index in [2.05, 4.69) is 15.3 Å². The second-order valence-electron chi connectivity index (χ2n) is 4.88. The van der Waals surface area contributed by atoms with Crippen molar-refractivity contribution in [3.05, 3.63) is 47.5 Å². The van der Waals surface area contributed by atoms with Crippen LogP contribution in [-0.4, -0.2) is 21.7 Å². The molecule has 0 unspecified atom stereocenters. The largest absolute Gasteiger partial charge is 0.364 e. The molecule has 0 saturated heterocycles. The fourth-order valence-corrected chi connectivity index (χ4v) is 2.51. The zero-order valence-electron chi connectivity index (χ0n) is 11.0. The molecule has 0 saturated carbocycles. The smallest absolute Gasteiger partial charge is 0.257 e. The number of rotatable bonds is 2. The van der Waals surface area contributed by atoms with E-state index in [1.54, 1.807) is 30.7 Å². The van der Waals surface area contributed by atoms with Gasteiger partial charge in [-0.25, -0.2) is 0 Å². The summed E-state index contributed by atoms with van der Waals surface area (Å²) in [6.07, 6.45) is 8.03. The Morgan fingerprint density at radius 3 is 2.95 bits per heavy atom. The second kappa shape index (κ2) is 5.28. The summed E-state index contributed by atoms with van der Waals surface area (Å²) in [6, 6.07) is 3.51. The predicted molar refractivity (Wildman–Crippen MR) is 74.9 cm³/mol. The maximum atomic E-state index is 12.3. The van der Waals surface area contributed by atoms with Crippen molar-refractivity contribution in [2.24, 2.45) is 0 Å². The van der Waals surface area contributed by atoms with Gasteiger partial charge in [0.15, 0.2) is 5.78 Å². The van der Waals surface area contributed by atoms with Gasteiger partial charge >= 0.3 is 0 Å². The predicted octanol–water partition coefficient (Wildman–Crippen LogP) is 2.57. The Morgan fingerprint density at radius 2 is 2.15 bits per heavy atom. The molecule has 5 nitrogen and oxygen atoms in total. The summed E-state index contributed by atoms with van der Waals surface area (Å²) in [5.41, 5.74) is 2.48. The molecule has 0 bridgehead atoms. The molecule has 2 N–H and O–H groups in total. The van der Waals surface area contributed by atoms with Crippen molar-refractivity contribution in [3.8, 4) is 0 Å². The Balaban J connectivity index is 1.89. The van der Waals surface area contributed by atoms with Gasteiger partial charge in [-0.15, -0.1) is 0 Å². The molecule has 2 aromatic rings. The summed E-state index contributed by atoms with van der Waals surface area (Å²) in [7, 11) is 0. The molecule has 20 heavy (non-hydrogen) atoms. The van der Waals surface area contributed by atoms with Crippen LogP contribution in [0.25, 0.3) is 0 Å². The van der Waals surface area contributed by atoms with Gasteiger partial charge in [-0.3, -0.25) is 14.6 Å². The van der Waals surface area contributed by atoms with Crippen LogP contribution in [-0.2, 0) is 6.42 Å². The third-order valence-corrected chi connectivity index (χ3v) is 3.49. The monoisotopic (exact) mass is 269 g/mol. The van der Waals surface area contributed by atoms with Crippen molar-refractivity contribution in [3.63, 3.8) is 0 Å². The number of nitrogens with one attached hydrogen (secondary N) is 2. The van der Waals surface area contributed by atoms with Crippen LogP contribution in [0.1, 0.15) is 45.7 Å². The molecule has 5 heteroatoms. The molecule has 0 spiro atoms. The molecule has 2 aromatic heterocycles. The molecule has 1 amide bonds. The number of pyridine rings is 1. The molecule has 0 radical (unpaired) electrons. The first-order valence-electron chi connectivity index (χ1n) is 6.70. The number of carbonyl (C=O) groups is 2. The van der Waals surface area contributed by atoms with Crippen LogP contribution in [0.15, 0.2) is 30.7 Å². The Labute approximate surface area is 116 Å². The number of hydrogen-bond acceptors (Lipinski definition) is 3. The zero-order chi connectivity index (χ0) is 13.9. The number of hydrogen-bond donors (Lipinski definition) is 2. The lowest BCUT2D eigenvalue weighted by Crippen LogP contribution is -2.15. The van der Waals surface area contributed by atoms with E-state index in [9.17, 15) is 9.59 Å². The number of amides is 1. The summed E-state index contributed by atoms with van der Waals surface area (Å²) in [6.45, 7) is 0. The van der Waals surface area contributed by atoms with Gasteiger partial charge in [-0.1, -0.05) is 0 Å². The standard InChI is InChI=1S/C15H15N3O2/c19-13-6-2-1-5-12-14(13)11(9-17-12)15(20)18-10-4-3-7-16-8-10/h3-4,7-9,17H,1-2,5-6H2,(H,18,20). The number of aryl methyl sites for hydroxylation is 1. The summed E-state index contributed by atoms with van der Waals surface area (Å²) in [4.78, 5) is 31.4. The quantitative estimate of drug-likeness (QED) is 0.823. The second-order valence-corrected chi connectivity index (χ2v) is 4.88. The van der Waals surface area contributed by atoms with Gasteiger partial charge in [-0.2, -0.15) is 0 Å². The van der Waals surface area contributed by atoms with Crippen molar-refractivity contribution < 1.29 is 9.59 Å². The molecule has 0 aliphatic heterocycles. The lowest BCUT2D eigenvalue weighted by Gasteiger charge is -2.05. The lowest BCUT2D eigenvalue weighted by molar-refractivity contribution is 0.0965. The number of ketones is 1. The first-order chi connectivity index (χ1) is 9.75. The molecule has 1 aliphatic rings. The third-order valence-electron chi connectivity index (χ3n) is 3.49. The van der Waals surface area contributed by atoms with E-state index >= 15 is 0 Å². The highest BCUT2D eigenvalue weighted by Gasteiger charge is 2.24. The number of aromatic nitrogens is 2. The van der Waals surface area contributed by atoms with E-state index in [4.69, 9.17) is 0 Å². The molecular formula is C15H15N3O2. The maximum absolute atomic E-state index is 12.3. The van der Waals surface area contributed by atoms with E-state index in [-0.39, 0.29) is 11.7 Å². The molecule has 2 heterocycles. The maximum Gasteiger partial charge on any atom is 0.257 e. The summed E-state index contributed by atoms with van der Waals surface area (Å²) < 4.78 is 0. The van der Waals surface area contributed by atoms with Crippen molar-refractivity contribution in [1.82, 2.24) is 9.97 Å². The van der Waals surface area contributed by atoms with Crippen LogP contribution in [0.3, 0.4) is 0 Å². The number of nitrogens with zero attached hydrogens (tertiary/aromatic N) is 1. The fourth-order valence-electron chi connectivity index (χ4n) is 2.51. The van der Waals surface area contributed by atoms with Crippen molar-refractivity contribution in [1.29, 1.82) is 0 Å². The molecule has 102 valence electrons. The average Bonchev–Trinajstić information content (AvgIpc) is 2.80. The van der Waals surface area contributed by atoms with Crippen molar-refractivity contribution >= 4 is 17.4 Å². The van der Waals surface area contributed by atoms with Crippen molar-refractivity contribution in [2.75, 3.05) is 5.32 Å². The van der Waals surface area contributed by atoms with E-state index in [1.165, 1.54) is 0 Å². The van der Waals surface area contributed by atoms with Crippen LogP contribution in [0.2, 0.25) is 0 Å². The van der Waals surface area contributed by atoms with Gasteiger partial charge in [-0.05, 0) is 31.4 Å². The third kappa shape index (κ3) is 2.34. The van der Waals surface area contributed by atoms with Crippen LogP contribution in [0.5, 0.6) is 0 Å². The first kappa shape index (κ1) is 12.6. The minimum Gasteiger partial charge on any atom is -0.364 e. The van der Waals surface area contributed by atoms with Crippen LogP contribution < -0.4 is 5.32 Å². The number of fused-ring (bicyclic) bond motifs is 1. The summed E-state index contributed by atoms with van der Waals surface area (Å²) in [5.74, 6) is -0.221. The SMILES string of the molecule is O=C(Nc1cccnc1)c1c[nH]c2c1C(=O)CCCC2.